The Morgan fingerprint density at radius 1 is 1.17 bits per heavy atom. The number of hydrogen-bond acceptors (Lipinski definition) is 3. The zero-order valence-electron chi connectivity index (χ0n) is 13.5. The lowest BCUT2D eigenvalue weighted by molar-refractivity contribution is -0.124. The number of benzene rings is 1. The van der Waals surface area contributed by atoms with Crippen LogP contribution >= 0.6 is 0 Å². The summed E-state index contributed by atoms with van der Waals surface area (Å²) in [4.78, 5) is 23.6. The largest absolute Gasteiger partial charge is 0.452 e. The number of amides is 1. The second kappa shape index (κ2) is 8.17. The molecular formula is C18H22N2O3. The van der Waals surface area contributed by atoms with Gasteiger partial charge in [-0.2, -0.15) is 0 Å². The molecule has 2 aromatic rings. The van der Waals surface area contributed by atoms with Gasteiger partial charge in [0.05, 0.1) is 5.56 Å². The Morgan fingerprint density at radius 2 is 1.83 bits per heavy atom. The summed E-state index contributed by atoms with van der Waals surface area (Å²) in [7, 11) is 0. The van der Waals surface area contributed by atoms with E-state index in [1.54, 1.807) is 12.1 Å². The van der Waals surface area contributed by atoms with Crippen LogP contribution in [-0.4, -0.2) is 29.1 Å². The van der Waals surface area contributed by atoms with E-state index in [1.807, 2.05) is 48.1 Å². The van der Waals surface area contributed by atoms with Crippen molar-refractivity contribution in [3.05, 3.63) is 54.4 Å². The Hall–Kier alpha value is -2.56. The number of nitrogens with one attached hydrogen (secondary N) is 1. The SMILES string of the molecule is CCC[C@H](C)NC(=O)COC(=O)c1ccc(-n2cccc2)cc1. The fraction of sp³-hybridized carbons (Fsp3) is 0.333. The molecular weight excluding hydrogens is 292 g/mol. The van der Waals surface area contributed by atoms with Gasteiger partial charge >= 0.3 is 5.97 Å². The summed E-state index contributed by atoms with van der Waals surface area (Å²) in [5.41, 5.74) is 1.38. The van der Waals surface area contributed by atoms with Gasteiger partial charge < -0.3 is 14.6 Å². The monoisotopic (exact) mass is 314 g/mol. The molecule has 0 radical (unpaired) electrons. The molecule has 0 saturated heterocycles. The minimum atomic E-state index is -0.498. The first-order chi connectivity index (χ1) is 11.1. The first kappa shape index (κ1) is 16.8. The first-order valence-electron chi connectivity index (χ1n) is 7.80. The highest BCUT2D eigenvalue weighted by Crippen LogP contribution is 2.11. The van der Waals surface area contributed by atoms with Crippen molar-refractivity contribution in [3.63, 3.8) is 0 Å². The third-order valence-electron chi connectivity index (χ3n) is 3.47. The van der Waals surface area contributed by atoms with Gasteiger partial charge in [0, 0.05) is 24.1 Å². The summed E-state index contributed by atoms with van der Waals surface area (Å²) < 4.78 is 6.98. The van der Waals surface area contributed by atoms with E-state index in [2.05, 4.69) is 12.2 Å². The predicted octanol–water partition coefficient (Wildman–Crippen LogP) is 2.94. The zero-order valence-corrected chi connectivity index (χ0v) is 13.5. The fourth-order valence-corrected chi connectivity index (χ4v) is 2.31. The number of carbonyl (C=O) groups excluding carboxylic acids is 2. The minimum Gasteiger partial charge on any atom is -0.452 e. The molecule has 1 heterocycles. The van der Waals surface area contributed by atoms with Crippen LogP contribution in [0.25, 0.3) is 5.69 Å². The van der Waals surface area contributed by atoms with Crippen molar-refractivity contribution in [1.29, 1.82) is 0 Å². The van der Waals surface area contributed by atoms with Gasteiger partial charge in [-0.25, -0.2) is 4.79 Å². The van der Waals surface area contributed by atoms with Crippen LogP contribution in [0.5, 0.6) is 0 Å². The van der Waals surface area contributed by atoms with Gasteiger partial charge in [-0.05, 0) is 49.7 Å². The third kappa shape index (κ3) is 4.98. The molecule has 5 heteroatoms. The van der Waals surface area contributed by atoms with Crippen LogP contribution in [0.4, 0.5) is 0 Å². The average Bonchev–Trinajstić information content (AvgIpc) is 3.07. The lowest BCUT2D eigenvalue weighted by atomic mass is 10.2. The summed E-state index contributed by atoms with van der Waals surface area (Å²) >= 11 is 0. The lowest BCUT2D eigenvalue weighted by Gasteiger charge is -2.12. The van der Waals surface area contributed by atoms with Crippen molar-refractivity contribution in [2.45, 2.75) is 32.7 Å². The van der Waals surface area contributed by atoms with Gasteiger partial charge in [-0.15, -0.1) is 0 Å². The molecule has 0 saturated carbocycles. The van der Waals surface area contributed by atoms with Crippen LogP contribution in [0.1, 0.15) is 37.0 Å². The maximum absolute atomic E-state index is 11.9. The quantitative estimate of drug-likeness (QED) is 0.799. The van der Waals surface area contributed by atoms with Crippen molar-refractivity contribution >= 4 is 11.9 Å². The molecule has 1 amide bonds. The molecule has 0 aliphatic rings. The summed E-state index contributed by atoms with van der Waals surface area (Å²) in [6.07, 6.45) is 5.75. The topological polar surface area (TPSA) is 60.3 Å². The average molecular weight is 314 g/mol. The molecule has 1 aromatic carbocycles. The molecule has 1 aromatic heterocycles. The highest BCUT2D eigenvalue weighted by atomic mass is 16.5. The van der Waals surface area contributed by atoms with E-state index in [1.165, 1.54) is 0 Å². The van der Waals surface area contributed by atoms with Crippen LogP contribution in [0, 0.1) is 0 Å². The van der Waals surface area contributed by atoms with E-state index in [9.17, 15) is 9.59 Å². The molecule has 0 fully saturated rings. The van der Waals surface area contributed by atoms with E-state index in [-0.39, 0.29) is 18.6 Å². The Kier molecular flexibility index (Phi) is 5.97. The second-order valence-corrected chi connectivity index (χ2v) is 5.47. The van der Waals surface area contributed by atoms with Crippen molar-refractivity contribution in [3.8, 4) is 5.69 Å². The Morgan fingerprint density at radius 3 is 2.43 bits per heavy atom. The maximum Gasteiger partial charge on any atom is 0.338 e. The van der Waals surface area contributed by atoms with Gasteiger partial charge in [0.2, 0.25) is 0 Å². The van der Waals surface area contributed by atoms with Crippen molar-refractivity contribution in [2.24, 2.45) is 0 Å². The number of ether oxygens (including phenoxy) is 1. The molecule has 0 unspecified atom stereocenters. The van der Waals surface area contributed by atoms with E-state index in [0.29, 0.717) is 5.56 Å². The molecule has 1 atom stereocenters. The van der Waals surface area contributed by atoms with E-state index >= 15 is 0 Å². The number of esters is 1. The van der Waals surface area contributed by atoms with Crippen molar-refractivity contribution in [2.75, 3.05) is 6.61 Å². The van der Waals surface area contributed by atoms with Crippen LogP contribution < -0.4 is 5.32 Å². The number of hydrogen-bond donors (Lipinski definition) is 1. The van der Waals surface area contributed by atoms with Crippen LogP contribution in [0.2, 0.25) is 0 Å². The van der Waals surface area contributed by atoms with E-state index in [4.69, 9.17) is 4.74 Å². The maximum atomic E-state index is 11.9. The molecule has 0 bridgehead atoms. The number of carbonyl (C=O) groups is 2. The van der Waals surface area contributed by atoms with Gasteiger partial charge in [-0.3, -0.25) is 4.79 Å². The standard InChI is InChI=1S/C18H22N2O3/c1-3-6-14(2)19-17(21)13-23-18(22)15-7-9-16(10-8-15)20-11-4-5-12-20/h4-5,7-12,14H,3,6,13H2,1-2H3,(H,19,21)/t14-/m0/s1. The van der Waals surface area contributed by atoms with Crippen LogP contribution in [0.3, 0.4) is 0 Å². The molecule has 23 heavy (non-hydrogen) atoms. The fourth-order valence-electron chi connectivity index (χ4n) is 2.31. The van der Waals surface area contributed by atoms with E-state index < -0.39 is 5.97 Å². The van der Waals surface area contributed by atoms with Gasteiger partial charge in [0.1, 0.15) is 0 Å². The van der Waals surface area contributed by atoms with Gasteiger partial charge in [0.25, 0.3) is 5.91 Å². The smallest absolute Gasteiger partial charge is 0.338 e. The number of nitrogens with zero attached hydrogens (tertiary/aromatic N) is 1. The lowest BCUT2D eigenvalue weighted by Crippen LogP contribution is -2.35. The van der Waals surface area contributed by atoms with Gasteiger partial charge in [-0.1, -0.05) is 13.3 Å². The van der Waals surface area contributed by atoms with Crippen LogP contribution in [0.15, 0.2) is 48.8 Å². The van der Waals surface area contributed by atoms with E-state index in [0.717, 1.165) is 18.5 Å². The summed E-state index contributed by atoms with van der Waals surface area (Å²) in [6, 6.07) is 11.0. The highest BCUT2D eigenvalue weighted by Gasteiger charge is 2.12. The van der Waals surface area contributed by atoms with Crippen LogP contribution in [-0.2, 0) is 9.53 Å². The zero-order chi connectivity index (χ0) is 16.7. The highest BCUT2D eigenvalue weighted by molar-refractivity contribution is 5.91. The molecule has 1 N–H and O–H groups in total. The van der Waals surface area contributed by atoms with Crippen molar-refractivity contribution in [1.82, 2.24) is 9.88 Å². The number of rotatable bonds is 7. The van der Waals surface area contributed by atoms with Gasteiger partial charge in [0.15, 0.2) is 6.61 Å². The Balaban J connectivity index is 1.85. The Bertz CT molecular complexity index is 633. The molecule has 2 rings (SSSR count). The minimum absolute atomic E-state index is 0.0899. The normalized spacial score (nSPS) is 11.7. The Labute approximate surface area is 136 Å². The first-order valence-corrected chi connectivity index (χ1v) is 7.80. The second-order valence-electron chi connectivity index (χ2n) is 5.47. The number of aromatic nitrogens is 1. The summed E-state index contributed by atoms with van der Waals surface area (Å²) in [5, 5.41) is 2.80. The molecule has 0 spiro atoms. The van der Waals surface area contributed by atoms with Crippen molar-refractivity contribution < 1.29 is 14.3 Å². The predicted molar refractivity (Wildman–Crippen MR) is 88.6 cm³/mol. The molecule has 5 nitrogen and oxygen atoms in total. The molecule has 0 aliphatic heterocycles. The molecule has 122 valence electrons. The summed E-state index contributed by atoms with van der Waals surface area (Å²) in [5.74, 6) is -0.773. The third-order valence-corrected chi connectivity index (χ3v) is 3.47. The molecule has 0 aliphatic carbocycles. The summed E-state index contributed by atoms with van der Waals surface area (Å²) in [6.45, 7) is 3.73.